The number of alkyl halides is 1. The van der Waals surface area contributed by atoms with Gasteiger partial charge < -0.3 is 0 Å². The van der Waals surface area contributed by atoms with Gasteiger partial charge in [0.2, 0.25) is 0 Å². The summed E-state index contributed by atoms with van der Waals surface area (Å²) in [4.78, 5) is 0.646. The molecule has 0 amide bonds. The van der Waals surface area contributed by atoms with Gasteiger partial charge in [0.05, 0.1) is 0 Å². The van der Waals surface area contributed by atoms with E-state index in [-0.39, 0.29) is 0 Å². The third kappa shape index (κ3) is 5.17. The summed E-state index contributed by atoms with van der Waals surface area (Å²) in [5.74, 6) is 0. The van der Waals surface area contributed by atoms with E-state index in [0.29, 0.717) is 10.2 Å². The third-order valence-electron chi connectivity index (χ3n) is 2.69. The molecule has 15 heavy (non-hydrogen) atoms. The largest absolute Gasteiger partial charge is 0.152 e. The number of thiophene rings is 1. The highest BCUT2D eigenvalue weighted by Gasteiger charge is 2.20. The number of aryl methyl sites for hydroxylation is 1. The van der Waals surface area contributed by atoms with Gasteiger partial charge in [0.25, 0.3) is 0 Å². The highest BCUT2D eigenvalue weighted by molar-refractivity contribution is 9.09. The first-order valence-corrected chi connectivity index (χ1v) is 7.51. The van der Waals surface area contributed by atoms with Crippen molar-refractivity contribution >= 4 is 27.3 Å². The molecular formula is C13H21BrS. The van der Waals surface area contributed by atoms with Crippen molar-refractivity contribution < 1.29 is 0 Å². The monoisotopic (exact) mass is 288 g/mol. The molecule has 2 heteroatoms. The standard InChI is InChI=1S/C13H21BrS/c1-13(2,3)12(14)7-5-4-6-11-8-9-15-10-11/h8-10,12H,4-7H2,1-3H3. The minimum absolute atomic E-state index is 0.391. The van der Waals surface area contributed by atoms with Crippen molar-refractivity contribution in [3.8, 4) is 0 Å². The Labute approximate surface area is 106 Å². The predicted octanol–water partition coefficient (Wildman–Crippen LogP) is 5.27. The fourth-order valence-corrected chi connectivity index (χ4v) is 2.55. The molecule has 0 bridgehead atoms. The molecular weight excluding hydrogens is 268 g/mol. The van der Waals surface area contributed by atoms with E-state index in [2.05, 4.69) is 53.5 Å². The van der Waals surface area contributed by atoms with Gasteiger partial charge in [0.15, 0.2) is 0 Å². The lowest BCUT2D eigenvalue weighted by Gasteiger charge is -2.25. The van der Waals surface area contributed by atoms with Gasteiger partial charge in [-0.05, 0) is 47.1 Å². The van der Waals surface area contributed by atoms with Gasteiger partial charge in [-0.3, -0.25) is 0 Å². The molecule has 1 aromatic heterocycles. The molecule has 0 aliphatic carbocycles. The number of halogens is 1. The second-order valence-corrected chi connectivity index (χ2v) is 7.10. The first-order chi connectivity index (χ1) is 7.00. The van der Waals surface area contributed by atoms with Crippen LogP contribution in [0.2, 0.25) is 0 Å². The molecule has 0 radical (unpaired) electrons. The fraction of sp³-hybridized carbons (Fsp3) is 0.692. The van der Waals surface area contributed by atoms with Gasteiger partial charge in [-0.2, -0.15) is 11.3 Å². The molecule has 0 fully saturated rings. The first-order valence-electron chi connectivity index (χ1n) is 5.65. The van der Waals surface area contributed by atoms with Crippen molar-refractivity contribution in [3.05, 3.63) is 22.4 Å². The Bertz CT molecular complexity index is 259. The van der Waals surface area contributed by atoms with E-state index in [4.69, 9.17) is 0 Å². The minimum atomic E-state index is 0.391. The predicted molar refractivity (Wildman–Crippen MR) is 74.0 cm³/mol. The van der Waals surface area contributed by atoms with Gasteiger partial charge in [0, 0.05) is 4.83 Å². The van der Waals surface area contributed by atoms with Crippen LogP contribution in [0.1, 0.15) is 45.6 Å². The lowest BCUT2D eigenvalue weighted by molar-refractivity contribution is 0.378. The van der Waals surface area contributed by atoms with E-state index in [1.54, 1.807) is 11.3 Å². The van der Waals surface area contributed by atoms with Crippen molar-refractivity contribution in [1.29, 1.82) is 0 Å². The Morgan fingerprint density at radius 3 is 2.60 bits per heavy atom. The van der Waals surface area contributed by atoms with Crippen LogP contribution in [0.25, 0.3) is 0 Å². The summed E-state index contributed by atoms with van der Waals surface area (Å²) in [6.07, 6.45) is 5.17. The summed E-state index contributed by atoms with van der Waals surface area (Å²) in [5.41, 5.74) is 1.89. The average molecular weight is 289 g/mol. The minimum Gasteiger partial charge on any atom is -0.152 e. The summed E-state index contributed by atoms with van der Waals surface area (Å²) in [5, 5.41) is 4.42. The maximum atomic E-state index is 3.78. The molecule has 0 saturated heterocycles. The number of hydrogen-bond acceptors (Lipinski definition) is 1. The van der Waals surface area contributed by atoms with Crippen LogP contribution < -0.4 is 0 Å². The number of unbranched alkanes of at least 4 members (excludes halogenated alkanes) is 1. The second kappa shape index (κ2) is 6.05. The van der Waals surface area contributed by atoms with Crippen LogP contribution in [0.5, 0.6) is 0 Å². The molecule has 86 valence electrons. The SMILES string of the molecule is CC(C)(C)C(Br)CCCCc1ccsc1. The zero-order valence-electron chi connectivity index (χ0n) is 9.92. The van der Waals surface area contributed by atoms with E-state index >= 15 is 0 Å². The molecule has 0 aliphatic rings. The summed E-state index contributed by atoms with van der Waals surface area (Å²) < 4.78 is 0. The van der Waals surface area contributed by atoms with E-state index in [1.165, 1.54) is 31.2 Å². The zero-order valence-corrected chi connectivity index (χ0v) is 12.3. The molecule has 1 rings (SSSR count). The van der Waals surface area contributed by atoms with Gasteiger partial charge >= 0.3 is 0 Å². The fourth-order valence-electron chi connectivity index (χ4n) is 1.52. The molecule has 1 heterocycles. The van der Waals surface area contributed by atoms with E-state index < -0.39 is 0 Å². The molecule has 0 spiro atoms. The van der Waals surface area contributed by atoms with Crippen LogP contribution in [-0.2, 0) is 6.42 Å². The van der Waals surface area contributed by atoms with E-state index in [0.717, 1.165) is 0 Å². The van der Waals surface area contributed by atoms with Crippen LogP contribution in [-0.4, -0.2) is 4.83 Å². The molecule has 0 nitrogen and oxygen atoms in total. The van der Waals surface area contributed by atoms with Crippen molar-refractivity contribution in [2.75, 3.05) is 0 Å². The van der Waals surface area contributed by atoms with Gasteiger partial charge in [0.1, 0.15) is 0 Å². The molecule has 1 unspecified atom stereocenters. The topological polar surface area (TPSA) is 0 Å². The molecule has 0 saturated carbocycles. The smallest absolute Gasteiger partial charge is 0.0194 e. The maximum absolute atomic E-state index is 3.78. The highest BCUT2D eigenvalue weighted by atomic mass is 79.9. The molecule has 1 atom stereocenters. The van der Waals surface area contributed by atoms with Crippen molar-refractivity contribution in [2.45, 2.75) is 51.3 Å². The maximum Gasteiger partial charge on any atom is 0.0194 e. The molecule has 0 aliphatic heterocycles. The number of rotatable bonds is 5. The summed E-state index contributed by atoms with van der Waals surface area (Å²) in [7, 11) is 0. The Hall–Kier alpha value is 0.180. The Morgan fingerprint density at radius 2 is 2.07 bits per heavy atom. The van der Waals surface area contributed by atoms with Crippen LogP contribution >= 0.6 is 27.3 Å². The molecule has 0 N–H and O–H groups in total. The van der Waals surface area contributed by atoms with Gasteiger partial charge in [-0.25, -0.2) is 0 Å². The van der Waals surface area contributed by atoms with Crippen molar-refractivity contribution in [2.24, 2.45) is 5.41 Å². The average Bonchev–Trinajstić information content (AvgIpc) is 2.63. The summed E-state index contributed by atoms with van der Waals surface area (Å²) in [6.45, 7) is 6.89. The Kier molecular flexibility index (Phi) is 5.34. The third-order valence-corrected chi connectivity index (χ3v) is 5.26. The lowest BCUT2D eigenvalue weighted by atomic mass is 9.89. The van der Waals surface area contributed by atoms with Crippen molar-refractivity contribution in [1.82, 2.24) is 0 Å². The molecule has 0 aromatic carbocycles. The van der Waals surface area contributed by atoms with Crippen LogP contribution in [0.15, 0.2) is 16.8 Å². The van der Waals surface area contributed by atoms with Crippen LogP contribution in [0.4, 0.5) is 0 Å². The summed E-state index contributed by atoms with van der Waals surface area (Å²) in [6, 6.07) is 2.24. The quantitative estimate of drug-likeness (QED) is 0.511. The first kappa shape index (κ1) is 13.2. The second-order valence-electron chi connectivity index (χ2n) is 5.21. The van der Waals surface area contributed by atoms with Gasteiger partial charge in [-0.15, -0.1) is 0 Å². The Morgan fingerprint density at radius 1 is 1.33 bits per heavy atom. The summed E-state index contributed by atoms with van der Waals surface area (Å²) >= 11 is 5.58. The number of hydrogen-bond donors (Lipinski definition) is 0. The van der Waals surface area contributed by atoms with Crippen LogP contribution in [0, 0.1) is 5.41 Å². The van der Waals surface area contributed by atoms with Gasteiger partial charge in [-0.1, -0.05) is 43.1 Å². The van der Waals surface area contributed by atoms with Crippen LogP contribution in [0.3, 0.4) is 0 Å². The molecule has 1 aromatic rings. The Balaban J connectivity index is 2.12. The lowest BCUT2D eigenvalue weighted by Crippen LogP contribution is -2.19. The normalized spacial score (nSPS) is 14.1. The van der Waals surface area contributed by atoms with E-state index in [9.17, 15) is 0 Å². The zero-order chi connectivity index (χ0) is 11.3. The van der Waals surface area contributed by atoms with Crippen molar-refractivity contribution in [3.63, 3.8) is 0 Å². The van der Waals surface area contributed by atoms with E-state index in [1.807, 2.05) is 0 Å². The highest BCUT2D eigenvalue weighted by Crippen LogP contribution is 2.30.